The van der Waals surface area contributed by atoms with Gasteiger partial charge in [0.2, 0.25) is 0 Å². The van der Waals surface area contributed by atoms with Crippen molar-refractivity contribution in [1.82, 2.24) is 4.90 Å². The van der Waals surface area contributed by atoms with Gasteiger partial charge in [-0.25, -0.2) is 0 Å². The van der Waals surface area contributed by atoms with Crippen LogP contribution in [0.25, 0.3) is 0 Å². The normalized spacial score (nSPS) is 23.3. The molecule has 0 aliphatic carbocycles. The van der Waals surface area contributed by atoms with Crippen molar-refractivity contribution in [2.24, 2.45) is 0 Å². The fourth-order valence-electron chi connectivity index (χ4n) is 1.97. The molecule has 1 aliphatic heterocycles. The molecule has 0 spiro atoms. The standard InChI is InChI=1S/C12H23NO2/c1-3-4-6-11(14)9-13(2)10-12-7-5-8-15-12/h3,11-12,14H,1,4-10H2,2H3. The lowest BCUT2D eigenvalue weighted by molar-refractivity contribution is 0.0586. The number of rotatable bonds is 7. The molecule has 1 heterocycles. The highest BCUT2D eigenvalue weighted by Crippen LogP contribution is 2.13. The molecule has 0 radical (unpaired) electrons. The highest BCUT2D eigenvalue weighted by Gasteiger charge is 2.18. The van der Waals surface area contributed by atoms with Gasteiger partial charge < -0.3 is 14.7 Å². The number of hydrogen-bond donors (Lipinski definition) is 1. The van der Waals surface area contributed by atoms with E-state index in [2.05, 4.69) is 11.5 Å². The van der Waals surface area contributed by atoms with Crippen LogP contribution in [0.5, 0.6) is 0 Å². The van der Waals surface area contributed by atoms with E-state index in [-0.39, 0.29) is 6.10 Å². The van der Waals surface area contributed by atoms with Crippen molar-refractivity contribution in [1.29, 1.82) is 0 Å². The van der Waals surface area contributed by atoms with Crippen LogP contribution in [0.2, 0.25) is 0 Å². The first-order valence-corrected chi connectivity index (χ1v) is 5.81. The molecule has 3 nitrogen and oxygen atoms in total. The summed E-state index contributed by atoms with van der Waals surface area (Å²) in [7, 11) is 2.04. The molecule has 0 aromatic rings. The number of hydrogen-bond acceptors (Lipinski definition) is 3. The minimum absolute atomic E-state index is 0.241. The second-order valence-corrected chi connectivity index (χ2v) is 4.38. The van der Waals surface area contributed by atoms with Crippen molar-refractivity contribution < 1.29 is 9.84 Å². The quantitative estimate of drug-likeness (QED) is 0.649. The summed E-state index contributed by atoms with van der Waals surface area (Å²) < 4.78 is 5.55. The van der Waals surface area contributed by atoms with Crippen LogP contribution < -0.4 is 0 Å². The molecular weight excluding hydrogens is 190 g/mol. The van der Waals surface area contributed by atoms with Crippen molar-refractivity contribution in [2.75, 3.05) is 26.7 Å². The highest BCUT2D eigenvalue weighted by atomic mass is 16.5. The zero-order chi connectivity index (χ0) is 11.1. The first-order chi connectivity index (χ1) is 7.22. The lowest BCUT2D eigenvalue weighted by atomic mass is 10.1. The third kappa shape index (κ3) is 5.30. The zero-order valence-corrected chi connectivity index (χ0v) is 9.69. The van der Waals surface area contributed by atoms with E-state index in [0.717, 1.165) is 39.0 Å². The summed E-state index contributed by atoms with van der Waals surface area (Å²) in [5, 5.41) is 9.69. The summed E-state index contributed by atoms with van der Waals surface area (Å²) in [6.45, 7) is 6.22. The Kier molecular flexibility index (Phi) is 5.91. The molecule has 1 saturated heterocycles. The van der Waals surface area contributed by atoms with Gasteiger partial charge in [-0.3, -0.25) is 0 Å². The Labute approximate surface area is 92.7 Å². The number of nitrogens with zero attached hydrogens (tertiary/aromatic N) is 1. The summed E-state index contributed by atoms with van der Waals surface area (Å²) in [6, 6.07) is 0. The van der Waals surface area contributed by atoms with E-state index in [1.807, 2.05) is 13.1 Å². The summed E-state index contributed by atoms with van der Waals surface area (Å²) in [6.07, 6.45) is 6.01. The lowest BCUT2D eigenvalue weighted by Crippen LogP contribution is -2.34. The molecule has 0 saturated carbocycles. The second-order valence-electron chi connectivity index (χ2n) is 4.38. The Balaban J connectivity index is 2.10. The molecule has 0 bridgehead atoms. The maximum Gasteiger partial charge on any atom is 0.0702 e. The van der Waals surface area contributed by atoms with Crippen LogP contribution in [0.4, 0.5) is 0 Å². The van der Waals surface area contributed by atoms with Gasteiger partial charge in [0.05, 0.1) is 12.2 Å². The first kappa shape index (κ1) is 12.7. The van der Waals surface area contributed by atoms with Crippen molar-refractivity contribution in [3.63, 3.8) is 0 Å². The lowest BCUT2D eigenvalue weighted by Gasteiger charge is -2.22. The predicted octanol–water partition coefficient (Wildman–Crippen LogP) is 1.42. The molecule has 2 atom stereocenters. The average molecular weight is 213 g/mol. The largest absolute Gasteiger partial charge is 0.392 e. The summed E-state index contributed by atoms with van der Waals surface area (Å²) in [4.78, 5) is 2.16. The Morgan fingerprint density at radius 1 is 1.67 bits per heavy atom. The van der Waals surface area contributed by atoms with Gasteiger partial charge in [-0.05, 0) is 32.7 Å². The van der Waals surface area contributed by atoms with Crippen LogP contribution in [0.3, 0.4) is 0 Å². The number of likely N-dealkylation sites (N-methyl/N-ethyl adjacent to an activating group) is 1. The molecule has 1 aliphatic rings. The number of aliphatic hydroxyl groups excluding tert-OH is 1. The SMILES string of the molecule is C=CCCC(O)CN(C)CC1CCCO1. The number of allylic oxidation sites excluding steroid dienone is 1. The second kappa shape index (κ2) is 6.99. The fourth-order valence-corrected chi connectivity index (χ4v) is 1.97. The molecule has 3 heteroatoms. The summed E-state index contributed by atoms with van der Waals surface area (Å²) in [5.41, 5.74) is 0. The summed E-state index contributed by atoms with van der Waals surface area (Å²) in [5.74, 6) is 0. The molecule has 2 unspecified atom stereocenters. The topological polar surface area (TPSA) is 32.7 Å². The van der Waals surface area contributed by atoms with Gasteiger partial charge in [-0.15, -0.1) is 6.58 Å². The fraction of sp³-hybridized carbons (Fsp3) is 0.833. The Bertz CT molecular complexity index is 178. The minimum atomic E-state index is -0.241. The van der Waals surface area contributed by atoms with Crippen molar-refractivity contribution >= 4 is 0 Å². The van der Waals surface area contributed by atoms with Crippen LogP contribution >= 0.6 is 0 Å². The average Bonchev–Trinajstić information content (AvgIpc) is 2.67. The monoisotopic (exact) mass is 213 g/mol. The number of aliphatic hydroxyl groups is 1. The zero-order valence-electron chi connectivity index (χ0n) is 9.69. The summed E-state index contributed by atoms with van der Waals surface area (Å²) >= 11 is 0. The van der Waals surface area contributed by atoms with E-state index in [1.165, 1.54) is 6.42 Å². The third-order valence-corrected chi connectivity index (χ3v) is 2.77. The van der Waals surface area contributed by atoms with Crippen LogP contribution in [-0.2, 0) is 4.74 Å². The van der Waals surface area contributed by atoms with E-state index in [1.54, 1.807) is 0 Å². The first-order valence-electron chi connectivity index (χ1n) is 5.81. The smallest absolute Gasteiger partial charge is 0.0702 e. The molecule has 1 fully saturated rings. The van der Waals surface area contributed by atoms with Gasteiger partial charge in [-0.2, -0.15) is 0 Å². The Morgan fingerprint density at radius 3 is 3.07 bits per heavy atom. The third-order valence-electron chi connectivity index (χ3n) is 2.77. The van der Waals surface area contributed by atoms with Gasteiger partial charge >= 0.3 is 0 Å². The predicted molar refractivity (Wildman–Crippen MR) is 61.9 cm³/mol. The molecule has 15 heavy (non-hydrogen) atoms. The molecule has 88 valence electrons. The van der Waals surface area contributed by atoms with Gasteiger partial charge in [0.25, 0.3) is 0 Å². The van der Waals surface area contributed by atoms with Gasteiger partial charge in [0.1, 0.15) is 0 Å². The van der Waals surface area contributed by atoms with Crippen LogP contribution in [0, 0.1) is 0 Å². The van der Waals surface area contributed by atoms with Crippen LogP contribution in [0.1, 0.15) is 25.7 Å². The van der Waals surface area contributed by atoms with Gasteiger partial charge in [0.15, 0.2) is 0 Å². The number of ether oxygens (including phenoxy) is 1. The maximum absolute atomic E-state index is 9.69. The van der Waals surface area contributed by atoms with Gasteiger partial charge in [-0.1, -0.05) is 6.08 Å². The Hall–Kier alpha value is -0.380. The van der Waals surface area contributed by atoms with Crippen molar-refractivity contribution in [3.05, 3.63) is 12.7 Å². The minimum Gasteiger partial charge on any atom is -0.392 e. The molecule has 0 aromatic carbocycles. The van der Waals surface area contributed by atoms with Crippen molar-refractivity contribution in [2.45, 2.75) is 37.9 Å². The highest BCUT2D eigenvalue weighted by molar-refractivity contribution is 4.73. The molecule has 0 amide bonds. The maximum atomic E-state index is 9.69. The Morgan fingerprint density at radius 2 is 2.47 bits per heavy atom. The molecular formula is C12H23NO2. The van der Waals surface area contributed by atoms with E-state index < -0.39 is 0 Å². The van der Waals surface area contributed by atoms with E-state index in [4.69, 9.17) is 4.74 Å². The molecule has 1 N–H and O–H groups in total. The van der Waals surface area contributed by atoms with E-state index in [0.29, 0.717) is 6.10 Å². The van der Waals surface area contributed by atoms with Gasteiger partial charge in [0, 0.05) is 19.7 Å². The van der Waals surface area contributed by atoms with Crippen LogP contribution in [0.15, 0.2) is 12.7 Å². The molecule has 0 aromatic heterocycles. The molecule has 1 rings (SSSR count). The van der Waals surface area contributed by atoms with E-state index in [9.17, 15) is 5.11 Å². The van der Waals surface area contributed by atoms with E-state index >= 15 is 0 Å². The van der Waals surface area contributed by atoms with Crippen LogP contribution in [-0.4, -0.2) is 49.0 Å². The van der Waals surface area contributed by atoms with Crippen molar-refractivity contribution in [3.8, 4) is 0 Å².